The predicted octanol–water partition coefficient (Wildman–Crippen LogP) is 4.38. The third-order valence-electron chi connectivity index (χ3n) is 4.31. The van der Waals surface area contributed by atoms with Crippen LogP contribution in [0.25, 0.3) is 22.3 Å². The molecule has 0 fully saturated rings. The Hall–Kier alpha value is -3.12. The van der Waals surface area contributed by atoms with E-state index in [4.69, 9.17) is 16.3 Å². The fourth-order valence-corrected chi connectivity index (χ4v) is 3.01. The molecule has 0 saturated heterocycles. The predicted molar refractivity (Wildman–Crippen MR) is 107 cm³/mol. The average molecular weight is 380 g/mol. The van der Waals surface area contributed by atoms with Gasteiger partial charge in [-0.05, 0) is 22.8 Å². The van der Waals surface area contributed by atoms with E-state index in [1.165, 1.54) is 0 Å². The molecule has 0 amide bonds. The van der Waals surface area contributed by atoms with Crippen LogP contribution in [0.4, 0.5) is 5.82 Å². The van der Waals surface area contributed by atoms with E-state index in [0.29, 0.717) is 18.3 Å². The van der Waals surface area contributed by atoms with Crippen molar-refractivity contribution in [2.45, 2.75) is 12.4 Å². The molecule has 6 nitrogen and oxygen atoms in total. The molecule has 0 radical (unpaired) electrons. The number of ether oxygens (including phenoxy) is 1. The summed E-state index contributed by atoms with van der Waals surface area (Å²) in [6.45, 7) is 0.605. The van der Waals surface area contributed by atoms with Crippen LogP contribution in [0.1, 0.15) is 11.1 Å². The first kappa shape index (κ1) is 17.3. The highest BCUT2D eigenvalue weighted by molar-refractivity contribution is 6.17. The number of aromatic amines is 1. The van der Waals surface area contributed by atoms with E-state index in [0.717, 1.165) is 39.2 Å². The van der Waals surface area contributed by atoms with Gasteiger partial charge in [-0.15, -0.1) is 11.6 Å². The van der Waals surface area contributed by atoms with Crippen molar-refractivity contribution in [3.05, 3.63) is 66.1 Å². The zero-order valence-corrected chi connectivity index (χ0v) is 15.5. The van der Waals surface area contributed by atoms with E-state index in [-0.39, 0.29) is 0 Å². The number of nitrogens with zero attached hydrogens (tertiary/aromatic N) is 3. The van der Waals surface area contributed by atoms with Crippen LogP contribution in [-0.4, -0.2) is 27.0 Å². The molecular weight excluding hydrogens is 362 g/mol. The molecule has 0 saturated carbocycles. The Balaban J connectivity index is 1.58. The van der Waals surface area contributed by atoms with Gasteiger partial charge in [-0.25, -0.2) is 15.0 Å². The number of alkyl halides is 1. The first-order chi connectivity index (χ1) is 13.3. The van der Waals surface area contributed by atoms with Gasteiger partial charge in [0.15, 0.2) is 0 Å². The number of methoxy groups -OCH3 is 1. The van der Waals surface area contributed by atoms with Crippen LogP contribution in [0.15, 0.2) is 55.0 Å². The van der Waals surface area contributed by atoms with Crippen molar-refractivity contribution in [2.75, 3.05) is 12.4 Å². The van der Waals surface area contributed by atoms with Gasteiger partial charge >= 0.3 is 0 Å². The van der Waals surface area contributed by atoms with Gasteiger partial charge in [0.05, 0.1) is 12.5 Å². The summed E-state index contributed by atoms with van der Waals surface area (Å²) in [6, 6.07) is 14.0. The van der Waals surface area contributed by atoms with Crippen LogP contribution in [-0.2, 0) is 12.4 Å². The molecule has 0 spiro atoms. The lowest BCUT2D eigenvalue weighted by molar-refractivity contribution is 0.397. The number of fused-ring (bicyclic) bond motifs is 1. The van der Waals surface area contributed by atoms with Gasteiger partial charge in [0.2, 0.25) is 5.88 Å². The molecule has 0 atom stereocenters. The van der Waals surface area contributed by atoms with Crippen molar-refractivity contribution in [2.24, 2.45) is 0 Å². The molecule has 0 aliphatic carbocycles. The maximum Gasteiger partial charge on any atom is 0.212 e. The highest BCUT2D eigenvalue weighted by Gasteiger charge is 2.09. The first-order valence-corrected chi connectivity index (χ1v) is 9.02. The number of pyridine rings is 1. The molecule has 0 aliphatic rings. The quantitative estimate of drug-likeness (QED) is 0.486. The number of anilines is 1. The number of H-pyrrole nitrogens is 1. The zero-order chi connectivity index (χ0) is 18.6. The summed E-state index contributed by atoms with van der Waals surface area (Å²) in [7, 11) is 1.60. The van der Waals surface area contributed by atoms with Gasteiger partial charge in [0.1, 0.15) is 17.8 Å². The maximum absolute atomic E-state index is 5.87. The third-order valence-corrected chi connectivity index (χ3v) is 4.62. The van der Waals surface area contributed by atoms with Gasteiger partial charge in [-0.3, -0.25) is 0 Å². The van der Waals surface area contributed by atoms with Crippen molar-refractivity contribution < 1.29 is 4.74 Å². The van der Waals surface area contributed by atoms with Gasteiger partial charge in [-0.1, -0.05) is 30.3 Å². The van der Waals surface area contributed by atoms with Crippen molar-refractivity contribution in [3.63, 3.8) is 0 Å². The van der Waals surface area contributed by atoms with Crippen LogP contribution < -0.4 is 10.1 Å². The molecule has 0 bridgehead atoms. The minimum atomic E-state index is 0.507. The Morgan fingerprint density at radius 3 is 2.56 bits per heavy atom. The number of rotatable bonds is 6. The first-order valence-electron chi connectivity index (χ1n) is 8.48. The second-order valence-electron chi connectivity index (χ2n) is 6.06. The van der Waals surface area contributed by atoms with Gasteiger partial charge in [0, 0.05) is 30.4 Å². The highest BCUT2D eigenvalue weighted by atomic mass is 35.5. The molecule has 0 aliphatic heterocycles. The van der Waals surface area contributed by atoms with Gasteiger partial charge in [0.25, 0.3) is 0 Å². The average Bonchev–Trinajstić information content (AvgIpc) is 3.17. The SMILES string of the molecule is COc1ccc(CNc2ncnc3[nH]c(-c4ccc(CCl)cc4)cc23)cn1. The number of hydrogen-bond acceptors (Lipinski definition) is 5. The summed E-state index contributed by atoms with van der Waals surface area (Å²) < 4.78 is 5.09. The van der Waals surface area contributed by atoms with Crippen molar-refractivity contribution >= 4 is 28.5 Å². The summed E-state index contributed by atoms with van der Waals surface area (Å²) in [6.07, 6.45) is 3.33. The van der Waals surface area contributed by atoms with Gasteiger partial charge < -0.3 is 15.0 Å². The van der Waals surface area contributed by atoms with Gasteiger partial charge in [-0.2, -0.15) is 0 Å². The molecule has 2 N–H and O–H groups in total. The molecule has 3 aromatic heterocycles. The van der Waals surface area contributed by atoms with Crippen molar-refractivity contribution in [1.29, 1.82) is 0 Å². The van der Waals surface area contributed by atoms with E-state index in [2.05, 4.69) is 31.3 Å². The number of hydrogen-bond donors (Lipinski definition) is 2. The summed E-state index contributed by atoms with van der Waals surface area (Å²) in [5.41, 5.74) is 4.98. The minimum absolute atomic E-state index is 0.507. The molecule has 4 aromatic rings. The van der Waals surface area contributed by atoms with E-state index in [1.807, 2.05) is 36.4 Å². The Morgan fingerprint density at radius 2 is 1.85 bits per heavy atom. The number of benzene rings is 1. The molecular formula is C20H18ClN5O. The van der Waals surface area contributed by atoms with E-state index in [9.17, 15) is 0 Å². The number of halogens is 1. The molecule has 7 heteroatoms. The van der Waals surface area contributed by atoms with E-state index < -0.39 is 0 Å². The molecule has 27 heavy (non-hydrogen) atoms. The lowest BCUT2D eigenvalue weighted by Gasteiger charge is -2.06. The lowest BCUT2D eigenvalue weighted by atomic mass is 10.1. The molecule has 3 heterocycles. The Morgan fingerprint density at radius 1 is 1.04 bits per heavy atom. The number of nitrogens with one attached hydrogen (secondary N) is 2. The Bertz CT molecular complexity index is 1040. The van der Waals surface area contributed by atoms with E-state index >= 15 is 0 Å². The largest absolute Gasteiger partial charge is 0.481 e. The normalized spacial score (nSPS) is 10.9. The smallest absolute Gasteiger partial charge is 0.212 e. The Labute approximate surface area is 161 Å². The van der Waals surface area contributed by atoms with E-state index in [1.54, 1.807) is 19.6 Å². The topological polar surface area (TPSA) is 75.7 Å². The molecule has 1 aromatic carbocycles. The molecule has 0 unspecified atom stereocenters. The Kier molecular flexibility index (Phi) is 4.89. The summed E-state index contributed by atoms with van der Waals surface area (Å²) in [4.78, 5) is 16.3. The van der Waals surface area contributed by atoms with Crippen molar-refractivity contribution in [3.8, 4) is 17.1 Å². The molecule has 136 valence electrons. The summed E-state index contributed by atoms with van der Waals surface area (Å²) in [5, 5.41) is 4.30. The summed E-state index contributed by atoms with van der Waals surface area (Å²) in [5.74, 6) is 1.88. The van der Waals surface area contributed by atoms with Crippen LogP contribution in [0.2, 0.25) is 0 Å². The molecule has 4 rings (SSSR count). The fourth-order valence-electron chi connectivity index (χ4n) is 2.83. The van der Waals surface area contributed by atoms with Crippen LogP contribution in [0.5, 0.6) is 5.88 Å². The minimum Gasteiger partial charge on any atom is -0.481 e. The second-order valence-corrected chi connectivity index (χ2v) is 6.33. The monoisotopic (exact) mass is 379 g/mol. The number of aromatic nitrogens is 4. The second kappa shape index (κ2) is 7.63. The van der Waals surface area contributed by atoms with Crippen molar-refractivity contribution in [1.82, 2.24) is 19.9 Å². The maximum atomic E-state index is 5.87. The third kappa shape index (κ3) is 3.71. The standard InChI is InChI=1S/C20H18ClN5O/c1-27-18-7-4-14(10-22-18)11-23-19-16-8-17(26-20(16)25-12-24-19)15-5-2-13(9-21)3-6-15/h2-8,10,12H,9,11H2,1H3,(H2,23,24,25,26). The zero-order valence-electron chi connectivity index (χ0n) is 14.7. The lowest BCUT2D eigenvalue weighted by Crippen LogP contribution is -2.02. The highest BCUT2D eigenvalue weighted by Crippen LogP contribution is 2.27. The van der Waals surface area contributed by atoms with Crippen LogP contribution in [0.3, 0.4) is 0 Å². The fraction of sp³-hybridized carbons (Fsp3) is 0.150. The van der Waals surface area contributed by atoms with Crippen LogP contribution >= 0.6 is 11.6 Å². The summed E-state index contributed by atoms with van der Waals surface area (Å²) >= 11 is 5.87. The van der Waals surface area contributed by atoms with Crippen LogP contribution in [0, 0.1) is 0 Å².